The molecule has 0 saturated heterocycles. The van der Waals surface area contributed by atoms with Crippen LogP contribution >= 0.6 is 15.9 Å². The van der Waals surface area contributed by atoms with Crippen LogP contribution in [0.25, 0.3) is 0 Å². The Bertz CT molecular complexity index is 366. The van der Waals surface area contributed by atoms with Crippen LogP contribution in [0.2, 0.25) is 0 Å². The molecular formula is C13H18BrNO2. The topological polar surface area (TPSA) is 38.3 Å². The van der Waals surface area contributed by atoms with E-state index in [1.165, 1.54) is 0 Å². The van der Waals surface area contributed by atoms with Crippen LogP contribution in [-0.4, -0.2) is 23.9 Å². The number of ether oxygens (including phenoxy) is 1. The van der Waals surface area contributed by atoms with Gasteiger partial charge in [-0.2, -0.15) is 0 Å². The summed E-state index contributed by atoms with van der Waals surface area (Å²) in [5, 5.41) is 2.81. The van der Waals surface area contributed by atoms with Crippen molar-refractivity contribution in [1.82, 2.24) is 5.32 Å². The second kappa shape index (κ2) is 7.33. The summed E-state index contributed by atoms with van der Waals surface area (Å²) in [6.07, 6.45) is 0.383. The molecule has 4 heteroatoms. The lowest BCUT2D eigenvalue weighted by molar-refractivity contribution is -0.121. The number of alkyl halides is 1. The fourth-order valence-corrected chi connectivity index (χ4v) is 1.47. The van der Waals surface area contributed by atoms with Gasteiger partial charge in [-0.15, -0.1) is 0 Å². The van der Waals surface area contributed by atoms with Crippen LogP contribution in [0.1, 0.15) is 18.9 Å². The Morgan fingerprint density at radius 3 is 2.94 bits per heavy atom. The van der Waals surface area contributed by atoms with E-state index < -0.39 is 0 Å². The summed E-state index contributed by atoms with van der Waals surface area (Å²) in [5.41, 5.74) is 1.15. The zero-order valence-corrected chi connectivity index (χ0v) is 11.8. The summed E-state index contributed by atoms with van der Waals surface area (Å²) in [4.78, 5) is 11.7. The smallest absolute Gasteiger partial charge is 0.223 e. The van der Waals surface area contributed by atoms with E-state index in [4.69, 9.17) is 4.74 Å². The molecule has 17 heavy (non-hydrogen) atoms. The van der Waals surface area contributed by atoms with E-state index in [2.05, 4.69) is 21.2 Å². The zero-order valence-electron chi connectivity index (χ0n) is 10.2. The fourth-order valence-electron chi connectivity index (χ4n) is 1.31. The number of carbonyl (C=O) groups is 1. The second-order valence-corrected chi connectivity index (χ2v) is 5.56. The van der Waals surface area contributed by atoms with Crippen LogP contribution in [0.4, 0.5) is 0 Å². The highest BCUT2D eigenvalue weighted by Crippen LogP contribution is 2.12. The minimum absolute atomic E-state index is 0.0175. The van der Waals surface area contributed by atoms with Crippen LogP contribution in [0.15, 0.2) is 24.3 Å². The normalized spacial score (nSPS) is 11.9. The van der Waals surface area contributed by atoms with Gasteiger partial charge < -0.3 is 10.1 Å². The number of nitrogens with one attached hydrogen (secondary N) is 1. The van der Waals surface area contributed by atoms with Crippen LogP contribution in [0, 0.1) is 6.92 Å². The van der Waals surface area contributed by atoms with Gasteiger partial charge in [-0.1, -0.05) is 35.0 Å². The Balaban J connectivity index is 2.21. The van der Waals surface area contributed by atoms with E-state index in [0.717, 1.165) is 11.3 Å². The Hall–Kier alpha value is -1.03. The minimum atomic E-state index is 0.0175. The molecular weight excluding hydrogens is 282 g/mol. The fraction of sp³-hybridized carbons (Fsp3) is 0.462. The molecule has 0 heterocycles. The number of rotatable bonds is 6. The van der Waals surface area contributed by atoms with Gasteiger partial charge in [0.05, 0.1) is 13.0 Å². The summed E-state index contributed by atoms with van der Waals surface area (Å²) in [6, 6.07) is 7.80. The maximum atomic E-state index is 11.4. The van der Waals surface area contributed by atoms with Gasteiger partial charge in [0.1, 0.15) is 5.75 Å². The predicted molar refractivity (Wildman–Crippen MR) is 72.7 cm³/mol. The van der Waals surface area contributed by atoms with Crippen molar-refractivity contribution < 1.29 is 9.53 Å². The molecule has 3 nitrogen and oxygen atoms in total. The number of benzene rings is 1. The Morgan fingerprint density at radius 1 is 1.53 bits per heavy atom. The average molecular weight is 300 g/mol. The van der Waals surface area contributed by atoms with Crippen molar-refractivity contribution in [3.05, 3.63) is 29.8 Å². The highest BCUT2D eigenvalue weighted by Gasteiger charge is 2.03. The van der Waals surface area contributed by atoms with E-state index in [9.17, 15) is 4.79 Å². The molecule has 0 aliphatic carbocycles. The number of hydrogen-bond acceptors (Lipinski definition) is 2. The lowest BCUT2D eigenvalue weighted by Crippen LogP contribution is -2.29. The average Bonchev–Trinajstić information content (AvgIpc) is 2.26. The first-order valence-corrected chi connectivity index (χ1v) is 6.59. The van der Waals surface area contributed by atoms with Crippen molar-refractivity contribution in [2.45, 2.75) is 25.1 Å². The van der Waals surface area contributed by atoms with Crippen LogP contribution in [-0.2, 0) is 4.79 Å². The van der Waals surface area contributed by atoms with E-state index >= 15 is 0 Å². The van der Waals surface area contributed by atoms with Crippen molar-refractivity contribution in [2.75, 3.05) is 13.2 Å². The first-order valence-electron chi connectivity index (χ1n) is 5.68. The molecule has 0 spiro atoms. The zero-order chi connectivity index (χ0) is 12.7. The third-order valence-electron chi connectivity index (χ3n) is 2.17. The van der Waals surface area contributed by atoms with E-state index in [1.807, 2.05) is 38.1 Å². The molecule has 0 aliphatic heterocycles. The van der Waals surface area contributed by atoms with Gasteiger partial charge in [0.25, 0.3) is 0 Å². The van der Waals surface area contributed by atoms with Gasteiger partial charge in [0.15, 0.2) is 0 Å². The summed E-state index contributed by atoms with van der Waals surface area (Å²) in [6.45, 7) is 5.05. The standard InChI is InChI=1S/C13H18BrNO2/c1-10-4-3-5-12(8-10)17-7-6-13(16)15-9-11(2)14/h3-5,8,11H,6-7,9H2,1-2H3,(H,15,16). The first kappa shape index (κ1) is 14.0. The molecule has 1 unspecified atom stereocenters. The Labute approximate surface area is 111 Å². The van der Waals surface area contributed by atoms with Gasteiger partial charge in [-0.25, -0.2) is 0 Å². The molecule has 0 aromatic heterocycles. The maximum absolute atomic E-state index is 11.4. The van der Waals surface area contributed by atoms with Crippen molar-refractivity contribution in [1.29, 1.82) is 0 Å². The summed E-state index contributed by atoms with van der Waals surface area (Å²) < 4.78 is 5.49. The molecule has 0 bridgehead atoms. The lowest BCUT2D eigenvalue weighted by atomic mass is 10.2. The Morgan fingerprint density at radius 2 is 2.29 bits per heavy atom. The van der Waals surface area contributed by atoms with Crippen molar-refractivity contribution in [2.24, 2.45) is 0 Å². The summed E-state index contributed by atoms with van der Waals surface area (Å²) in [7, 11) is 0. The maximum Gasteiger partial charge on any atom is 0.223 e. The summed E-state index contributed by atoms with van der Waals surface area (Å²) in [5.74, 6) is 0.829. The monoisotopic (exact) mass is 299 g/mol. The molecule has 1 rings (SSSR count). The molecule has 1 amide bonds. The molecule has 0 aliphatic rings. The van der Waals surface area contributed by atoms with Gasteiger partial charge >= 0.3 is 0 Å². The van der Waals surface area contributed by atoms with Crippen molar-refractivity contribution >= 4 is 21.8 Å². The van der Waals surface area contributed by atoms with Gasteiger partial charge in [0, 0.05) is 11.4 Å². The van der Waals surface area contributed by atoms with E-state index in [0.29, 0.717) is 24.4 Å². The molecule has 1 N–H and O–H groups in total. The highest BCUT2D eigenvalue weighted by molar-refractivity contribution is 9.09. The third-order valence-corrected chi connectivity index (χ3v) is 2.49. The molecule has 0 fully saturated rings. The quantitative estimate of drug-likeness (QED) is 0.820. The third kappa shape index (κ3) is 6.31. The largest absolute Gasteiger partial charge is 0.493 e. The second-order valence-electron chi connectivity index (χ2n) is 4.00. The number of hydrogen-bond donors (Lipinski definition) is 1. The SMILES string of the molecule is Cc1cccc(OCCC(=O)NCC(C)Br)c1. The van der Waals surface area contributed by atoms with Crippen molar-refractivity contribution in [3.63, 3.8) is 0 Å². The highest BCUT2D eigenvalue weighted by atomic mass is 79.9. The molecule has 1 aromatic carbocycles. The lowest BCUT2D eigenvalue weighted by Gasteiger charge is -2.08. The predicted octanol–water partition coefficient (Wildman–Crippen LogP) is 2.66. The van der Waals surface area contributed by atoms with Gasteiger partial charge in [-0.05, 0) is 24.6 Å². The van der Waals surface area contributed by atoms with Gasteiger partial charge in [0.2, 0.25) is 5.91 Å². The summed E-state index contributed by atoms with van der Waals surface area (Å²) >= 11 is 3.37. The molecule has 0 saturated carbocycles. The van der Waals surface area contributed by atoms with Crippen LogP contribution < -0.4 is 10.1 Å². The van der Waals surface area contributed by atoms with Crippen molar-refractivity contribution in [3.8, 4) is 5.75 Å². The van der Waals surface area contributed by atoms with E-state index in [-0.39, 0.29) is 5.91 Å². The minimum Gasteiger partial charge on any atom is -0.493 e. The number of aryl methyl sites for hydroxylation is 1. The first-order chi connectivity index (χ1) is 8.08. The molecule has 94 valence electrons. The molecule has 1 aromatic rings. The van der Waals surface area contributed by atoms with Crippen LogP contribution in [0.3, 0.4) is 0 Å². The Kier molecular flexibility index (Phi) is 6.05. The molecule has 0 radical (unpaired) electrons. The van der Waals surface area contributed by atoms with Crippen LogP contribution in [0.5, 0.6) is 5.75 Å². The number of amides is 1. The van der Waals surface area contributed by atoms with E-state index in [1.54, 1.807) is 0 Å². The van der Waals surface area contributed by atoms with Gasteiger partial charge in [-0.3, -0.25) is 4.79 Å². The number of carbonyl (C=O) groups excluding carboxylic acids is 1. The number of halogens is 1. The molecule has 1 atom stereocenters.